The Morgan fingerprint density at radius 3 is 2.62 bits per heavy atom. The van der Waals surface area contributed by atoms with E-state index in [4.69, 9.17) is 4.74 Å². The van der Waals surface area contributed by atoms with E-state index >= 15 is 0 Å². The standard InChI is InChI=1S/C22H25FN4O4S/c1-31-19-7-6-16(14-18(19)23)15-26-10-12-27(13-11-26)21(28)8-9-24-22-17-4-2-3-5-20(17)32(29,30)25-22/h2-7,14H,8-13,15H2,1H3,(H,24,25). The maximum Gasteiger partial charge on any atom is 0.263 e. The molecule has 2 heterocycles. The molecule has 8 nitrogen and oxygen atoms in total. The van der Waals surface area contributed by atoms with Crippen LogP contribution in [0, 0.1) is 5.82 Å². The lowest BCUT2D eigenvalue weighted by atomic mass is 10.1. The first-order valence-corrected chi connectivity index (χ1v) is 11.8. The zero-order chi connectivity index (χ0) is 22.7. The average molecular weight is 461 g/mol. The molecule has 2 aromatic rings. The first-order valence-electron chi connectivity index (χ1n) is 10.4. The highest BCUT2D eigenvalue weighted by molar-refractivity contribution is 7.90. The van der Waals surface area contributed by atoms with Crippen molar-refractivity contribution in [1.29, 1.82) is 0 Å². The van der Waals surface area contributed by atoms with Crippen molar-refractivity contribution in [2.45, 2.75) is 17.9 Å². The number of hydrogen-bond acceptors (Lipinski definition) is 6. The van der Waals surface area contributed by atoms with Crippen LogP contribution >= 0.6 is 0 Å². The Bertz CT molecular complexity index is 1140. The number of methoxy groups -OCH3 is 1. The Balaban J connectivity index is 1.27. The number of piperazine rings is 1. The maximum absolute atomic E-state index is 13.9. The minimum atomic E-state index is -3.58. The van der Waals surface area contributed by atoms with Crippen LogP contribution in [-0.4, -0.2) is 69.8 Å². The second-order valence-electron chi connectivity index (χ2n) is 7.71. The molecule has 0 spiro atoms. The van der Waals surface area contributed by atoms with Crippen LogP contribution in [0.2, 0.25) is 0 Å². The fourth-order valence-electron chi connectivity index (χ4n) is 3.89. The topological polar surface area (TPSA) is 91.3 Å². The van der Waals surface area contributed by atoms with E-state index in [9.17, 15) is 17.6 Å². The van der Waals surface area contributed by atoms with Crippen molar-refractivity contribution in [2.75, 3.05) is 39.8 Å². The smallest absolute Gasteiger partial charge is 0.263 e. The van der Waals surface area contributed by atoms with E-state index in [1.165, 1.54) is 19.2 Å². The van der Waals surface area contributed by atoms with Gasteiger partial charge in [-0.1, -0.05) is 18.2 Å². The molecule has 1 fully saturated rings. The van der Waals surface area contributed by atoms with Crippen molar-refractivity contribution in [3.05, 3.63) is 59.4 Å². The van der Waals surface area contributed by atoms with Crippen LogP contribution in [0.5, 0.6) is 5.75 Å². The van der Waals surface area contributed by atoms with E-state index in [1.807, 2.05) is 6.07 Å². The second-order valence-corrected chi connectivity index (χ2v) is 9.36. The molecule has 0 aromatic heterocycles. The molecule has 0 saturated carbocycles. The van der Waals surface area contributed by atoms with Gasteiger partial charge >= 0.3 is 0 Å². The van der Waals surface area contributed by atoms with Gasteiger partial charge in [0.05, 0.1) is 18.6 Å². The Kier molecular flexibility index (Phi) is 6.43. The van der Waals surface area contributed by atoms with Gasteiger partial charge in [-0.15, -0.1) is 0 Å². The van der Waals surface area contributed by atoms with E-state index in [-0.39, 0.29) is 41.2 Å². The Morgan fingerprint density at radius 2 is 1.91 bits per heavy atom. The molecule has 2 aromatic carbocycles. The number of benzene rings is 2. The fraction of sp³-hybridized carbons (Fsp3) is 0.364. The van der Waals surface area contributed by atoms with Gasteiger partial charge in [-0.2, -0.15) is 0 Å². The molecule has 1 amide bonds. The summed E-state index contributed by atoms with van der Waals surface area (Å²) in [5.41, 5.74) is 1.39. The lowest BCUT2D eigenvalue weighted by Crippen LogP contribution is -2.48. The number of hydrogen-bond donors (Lipinski definition) is 1. The fourth-order valence-corrected chi connectivity index (χ4v) is 5.15. The summed E-state index contributed by atoms with van der Waals surface area (Å²) in [4.78, 5) is 21.0. The molecule has 0 atom stereocenters. The molecule has 4 rings (SSSR count). The van der Waals surface area contributed by atoms with Crippen LogP contribution in [0.15, 0.2) is 52.4 Å². The molecule has 0 aliphatic carbocycles. The molecular weight excluding hydrogens is 435 g/mol. The van der Waals surface area contributed by atoms with Gasteiger partial charge in [0, 0.05) is 44.7 Å². The van der Waals surface area contributed by atoms with E-state index in [1.54, 1.807) is 29.2 Å². The number of carbonyl (C=O) groups excluding carboxylic acids is 1. The monoisotopic (exact) mass is 460 g/mol. The molecular formula is C22H25FN4O4S. The predicted octanol–water partition coefficient (Wildman–Crippen LogP) is 1.61. The molecule has 0 radical (unpaired) electrons. The van der Waals surface area contributed by atoms with Gasteiger partial charge < -0.3 is 9.64 Å². The van der Waals surface area contributed by atoms with Gasteiger partial charge in [-0.3, -0.25) is 19.4 Å². The summed E-state index contributed by atoms with van der Waals surface area (Å²) in [5, 5.41) is 0. The SMILES string of the molecule is COc1ccc(CN2CCN(C(=O)CCN=C3NS(=O)(=O)c4ccccc43)CC2)cc1F. The van der Waals surface area contributed by atoms with Crippen LogP contribution in [0.1, 0.15) is 17.5 Å². The van der Waals surface area contributed by atoms with Crippen molar-refractivity contribution < 1.29 is 22.3 Å². The quantitative estimate of drug-likeness (QED) is 0.707. The summed E-state index contributed by atoms with van der Waals surface area (Å²) in [6.07, 6.45) is 0.205. The van der Waals surface area contributed by atoms with Crippen molar-refractivity contribution in [1.82, 2.24) is 14.5 Å². The molecule has 1 saturated heterocycles. The number of aliphatic imine (C=N–C) groups is 1. The molecule has 2 aliphatic rings. The number of rotatable bonds is 6. The Morgan fingerprint density at radius 1 is 1.16 bits per heavy atom. The van der Waals surface area contributed by atoms with Gasteiger partial charge in [0.25, 0.3) is 10.0 Å². The molecule has 10 heteroatoms. The van der Waals surface area contributed by atoms with Crippen molar-refractivity contribution in [3.8, 4) is 5.75 Å². The van der Waals surface area contributed by atoms with Crippen molar-refractivity contribution in [2.24, 2.45) is 4.99 Å². The normalized spacial score (nSPS) is 18.9. The highest BCUT2D eigenvalue weighted by atomic mass is 32.2. The second kappa shape index (κ2) is 9.25. The summed E-state index contributed by atoms with van der Waals surface area (Å²) in [5.74, 6) is 0.109. The maximum atomic E-state index is 13.9. The largest absolute Gasteiger partial charge is 0.494 e. The summed E-state index contributed by atoms with van der Waals surface area (Å²) < 4.78 is 45.5. The molecule has 0 bridgehead atoms. The third-order valence-electron chi connectivity index (χ3n) is 5.61. The number of amidine groups is 1. The molecule has 1 N–H and O–H groups in total. The minimum Gasteiger partial charge on any atom is -0.494 e. The number of ether oxygens (including phenoxy) is 1. The van der Waals surface area contributed by atoms with Gasteiger partial charge in [0.15, 0.2) is 11.6 Å². The van der Waals surface area contributed by atoms with Gasteiger partial charge in [-0.25, -0.2) is 12.8 Å². The Labute approximate surface area is 186 Å². The predicted molar refractivity (Wildman–Crippen MR) is 118 cm³/mol. The first kappa shape index (κ1) is 22.2. The van der Waals surface area contributed by atoms with E-state index in [0.29, 0.717) is 38.3 Å². The van der Waals surface area contributed by atoms with Gasteiger partial charge in [0.2, 0.25) is 5.91 Å². The van der Waals surface area contributed by atoms with Crippen molar-refractivity contribution in [3.63, 3.8) is 0 Å². The summed E-state index contributed by atoms with van der Waals surface area (Å²) in [7, 11) is -2.14. The van der Waals surface area contributed by atoms with Crippen LogP contribution in [0.3, 0.4) is 0 Å². The highest BCUT2D eigenvalue weighted by Crippen LogP contribution is 2.22. The summed E-state index contributed by atoms with van der Waals surface area (Å²) in [6.45, 7) is 3.38. The van der Waals surface area contributed by atoms with Crippen LogP contribution in [0.25, 0.3) is 0 Å². The minimum absolute atomic E-state index is 0.0152. The third-order valence-corrected chi connectivity index (χ3v) is 7.00. The molecule has 0 unspecified atom stereocenters. The zero-order valence-electron chi connectivity index (χ0n) is 17.8. The van der Waals surface area contributed by atoms with E-state index in [0.717, 1.165) is 5.56 Å². The van der Waals surface area contributed by atoms with Crippen LogP contribution in [0.4, 0.5) is 4.39 Å². The van der Waals surface area contributed by atoms with Gasteiger partial charge in [-0.05, 0) is 29.8 Å². The zero-order valence-corrected chi connectivity index (χ0v) is 18.6. The number of sulfonamides is 1. The molecule has 2 aliphatic heterocycles. The number of carbonyl (C=O) groups is 1. The van der Waals surface area contributed by atoms with Crippen LogP contribution < -0.4 is 9.46 Å². The number of fused-ring (bicyclic) bond motifs is 1. The number of halogens is 1. The Hall–Kier alpha value is -2.98. The van der Waals surface area contributed by atoms with Crippen molar-refractivity contribution >= 4 is 21.8 Å². The highest BCUT2D eigenvalue weighted by Gasteiger charge is 2.30. The average Bonchev–Trinajstić information content (AvgIpc) is 3.05. The first-order chi connectivity index (χ1) is 15.4. The molecule has 32 heavy (non-hydrogen) atoms. The van der Waals surface area contributed by atoms with E-state index in [2.05, 4.69) is 14.6 Å². The lowest BCUT2D eigenvalue weighted by Gasteiger charge is -2.34. The summed E-state index contributed by atoms with van der Waals surface area (Å²) in [6, 6.07) is 11.6. The number of nitrogens with zero attached hydrogens (tertiary/aromatic N) is 3. The molecule has 170 valence electrons. The number of nitrogens with one attached hydrogen (secondary N) is 1. The third kappa shape index (κ3) is 4.76. The lowest BCUT2D eigenvalue weighted by molar-refractivity contribution is -0.132. The van der Waals surface area contributed by atoms with Gasteiger partial charge in [0.1, 0.15) is 5.84 Å². The van der Waals surface area contributed by atoms with E-state index < -0.39 is 10.0 Å². The number of amides is 1. The van der Waals surface area contributed by atoms with Crippen LogP contribution in [-0.2, 0) is 21.4 Å². The summed E-state index contributed by atoms with van der Waals surface area (Å²) >= 11 is 0.